The minimum absolute atomic E-state index is 0.282. The first-order chi connectivity index (χ1) is 6.12. The third-order valence-electron chi connectivity index (χ3n) is 0.936. The average Bonchev–Trinajstić information content (AvgIpc) is 1.78. The van der Waals surface area contributed by atoms with Gasteiger partial charge >= 0.3 is 7.82 Å². The summed E-state index contributed by atoms with van der Waals surface area (Å²) in [5, 5.41) is 0. The predicted molar refractivity (Wildman–Crippen MR) is 46.1 cm³/mol. The molecule has 0 aliphatic rings. The summed E-state index contributed by atoms with van der Waals surface area (Å²) < 4.78 is 28.5. The molecule has 14 heavy (non-hydrogen) atoms. The van der Waals surface area contributed by atoms with Crippen molar-refractivity contribution >= 4 is 15.6 Å². The fourth-order valence-corrected chi connectivity index (χ4v) is 1.95. The largest absolute Gasteiger partial charge is 0.756 e. The number of hydrogen-bond acceptors (Lipinski definition) is 5. The van der Waals surface area contributed by atoms with Crippen LogP contribution < -0.4 is 4.89 Å². The van der Waals surface area contributed by atoms with Gasteiger partial charge < -0.3 is 14.7 Å². The van der Waals surface area contributed by atoms with Crippen LogP contribution in [0.1, 0.15) is 13.8 Å². The van der Waals surface area contributed by atoms with Crippen LogP contribution in [0.15, 0.2) is 11.6 Å². The van der Waals surface area contributed by atoms with Crippen LogP contribution in [-0.4, -0.2) is 16.4 Å². The summed E-state index contributed by atoms with van der Waals surface area (Å²) in [5.41, 5.74) is 0.819. The summed E-state index contributed by atoms with van der Waals surface area (Å²) in [6, 6.07) is 0. The van der Waals surface area contributed by atoms with Crippen LogP contribution >= 0.6 is 15.6 Å². The maximum atomic E-state index is 10.8. The van der Waals surface area contributed by atoms with Gasteiger partial charge in [-0.2, -0.15) is 0 Å². The van der Waals surface area contributed by atoms with Crippen molar-refractivity contribution in [2.75, 3.05) is 6.61 Å². The minimum Gasteiger partial charge on any atom is -0.756 e. The lowest BCUT2D eigenvalue weighted by Gasteiger charge is -2.18. The summed E-state index contributed by atoms with van der Waals surface area (Å²) in [4.78, 5) is 26.9. The Labute approximate surface area is 81.2 Å². The third kappa shape index (κ3) is 8.59. The van der Waals surface area contributed by atoms with Crippen LogP contribution in [0.2, 0.25) is 0 Å². The Morgan fingerprint density at radius 1 is 1.43 bits per heavy atom. The Kier molecular flexibility index (Phi) is 5.19. The summed E-state index contributed by atoms with van der Waals surface area (Å²) >= 11 is 0. The molecule has 0 aromatic rings. The molecule has 0 aromatic carbocycles. The van der Waals surface area contributed by atoms with Crippen LogP contribution in [-0.2, 0) is 18.0 Å². The molecule has 7 nitrogen and oxygen atoms in total. The molecule has 0 rings (SSSR count). The van der Waals surface area contributed by atoms with Gasteiger partial charge in [0.15, 0.2) is 0 Å². The standard InChI is InChI=1S/C5H12O7P2/c1-5(2)3-4-11-14(9,10)12-13(6,7)8/h3H,4H2,1-2H3,(H,9,10)(H2,6,7,8)/p-1. The maximum Gasteiger partial charge on any atom is 0.479 e. The normalized spacial score (nSPS) is 19.5. The Balaban J connectivity index is 4.17. The van der Waals surface area contributed by atoms with Crippen molar-refractivity contribution in [3.8, 4) is 0 Å². The van der Waals surface area contributed by atoms with Gasteiger partial charge in [0.1, 0.15) is 0 Å². The highest BCUT2D eigenvalue weighted by molar-refractivity contribution is 7.60. The monoisotopic (exact) mass is 245 g/mol. The van der Waals surface area contributed by atoms with Crippen LogP contribution in [0.5, 0.6) is 0 Å². The molecular formula is C5H11O7P2-. The van der Waals surface area contributed by atoms with Crippen LogP contribution in [0, 0.1) is 0 Å². The average molecular weight is 245 g/mol. The Hall–Kier alpha value is -0.0000000000000000416. The topological polar surface area (TPSA) is 116 Å². The molecule has 0 aliphatic carbocycles. The highest BCUT2D eigenvalue weighted by Crippen LogP contribution is 2.55. The number of allylic oxidation sites excluding steroid dienone is 1. The molecule has 0 radical (unpaired) electrons. The molecule has 0 aliphatic heterocycles. The van der Waals surface area contributed by atoms with E-state index in [1.54, 1.807) is 13.8 Å². The first-order valence-corrected chi connectivity index (χ1v) is 6.47. The van der Waals surface area contributed by atoms with Crippen molar-refractivity contribution in [2.24, 2.45) is 0 Å². The van der Waals surface area contributed by atoms with Crippen molar-refractivity contribution < 1.29 is 32.6 Å². The van der Waals surface area contributed by atoms with Crippen molar-refractivity contribution in [2.45, 2.75) is 13.8 Å². The SMILES string of the molecule is CC(C)=CCOP(=O)(O)OP(=O)([O-])O. The van der Waals surface area contributed by atoms with Gasteiger partial charge in [-0.1, -0.05) is 11.6 Å². The second-order valence-electron chi connectivity index (χ2n) is 2.60. The van der Waals surface area contributed by atoms with E-state index >= 15 is 0 Å². The summed E-state index contributed by atoms with van der Waals surface area (Å²) in [6.45, 7) is 3.16. The maximum absolute atomic E-state index is 10.8. The van der Waals surface area contributed by atoms with Crippen LogP contribution in [0.3, 0.4) is 0 Å². The summed E-state index contributed by atoms with van der Waals surface area (Å²) in [7, 11) is -10.0. The number of phosphoric ester groups is 1. The van der Waals surface area contributed by atoms with E-state index < -0.39 is 15.6 Å². The van der Waals surface area contributed by atoms with Gasteiger partial charge in [-0.05, 0) is 13.8 Å². The van der Waals surface area contributed by atoms with E-state index in [0.29, 0.717) is 0 Å². The zero-order valence-corrected chi connectivity index (χ0v) is 9.40. The van der Waals surface area contributed by atoms with Crippen LogP contribution in [0.25, 0.3) is 0 Å². The summed E-state index contributed by atoms with van der Waals surface area (Å²) in [6.07, 6.45) is 1.44. The molecule has 0 heterocycles. The van der Waals surface area contributed by atoms with E-state index in [-0.39, 0.29) is 6.61 Å². The Morgan fingerprint density at radius 3 is 2.29 bits per heavy atom. The molecule has 2 N–H and O–H groups in total. The molecule has 9 heteroatoms. The van der Waals surface area contributed by atoms with Gasteiger partial charge in [0.25, 0.3) is 7.82 Å². The molecule has 2 unspecified atom stereocenters. The van der Waals surface area contributed by atoms with Crippen molar-refractivity contribution in [1.82, 2.24) is 0 Å². The molecule has 0 saturated carbocycles. The fourth-order valence-electron chi connectivity index (χ4n) is 0.452. The van der Waals surface area contributed by atoms with Gasteiger partial charge in [-0.25, -0.2) is 8.88 Å². The smallest absolute Gasteiger partial charge is 0.479 e. The minimum atomic E-state index is -5.26. The van der Waals surface area contributed by atoms with Crippen molar-refractivity contribution in [3.05, 3.63) is 11.6 Å². The van der Waals surface area contributed by atoms with Gasteiger partial charge in [0, 0.05) is 0 Å². The van der Waals surface area contributed by atoms with Crippen LogP contribution in [0.4, 0.5) is 0 Å². The van der Waals surface area contributed by atoms with Gasteiger partial charge in [0.2, 0.25) is 0 Å². The second kappa shape index (κ2) is 5.19. The predicted octanol–water partition coefficient (Wildman–Crippen LogP) is 0.547. The van der Waals surface area contributed by atoms with E-state index in [2.05, 4.69) is 8.83 Å². The first-order valence-electron chi connectivity index (χ1n) is 3.48. The molecule has 0 aromatic heterocycles. The van der Waals surface area contributed by atoms with E-state index in [1.165, 1.54) is 6.08 Å². The molecule has 0 amide bonds. The highest BCUT2D eigenvalue weighted by Gasteiger charge is 2.25. The number of rotatable bonds is 5. The molecule has 0 fully saturated rings. The van der Waals surface area contributed by atoms with Crippen molar-refractivity contribution in [3.63, 3.8) is 0 Å². The van der Waals surface area contributed by atoms with E-state index in [9.17, 15) is 14.0 Å². The molecular weight excluding hydrogens is 234 g/mol. The molecule has 0 bridgehead atoms. The van der Waals surface area contributed by atoms with E-state index in [1.807, 2.05) is 0 Å². The zero-order chi connectivity index (χ0) is 11.4. The summed E-state index contributed by atoms with van der Waals surface area (Å²) in [5.74, 6) is 0. The van der Waals surface area contributed by atoms with E-state index in [4.69, 9.17) is 9.79 Å². The zero-order valence-electron chi connectivity index (χ0n) is 7.61. The van der Waals surface area contributed by atoms with Gasteiger partial charge in [-0.3, -0.25) is 9.09 Å². The lowest BCUT2D eigenvalue weighted by atomic mass is 10.3. The molecule has 2 atom stereocenters. The van der Waals surface area contributed by atoms with E-state index in [0.717, 1.165) is 5.57 Å². The molecule has 0 spiro atoms. The lowest BCUT2D eigenvalue weighted by Crippen LogP contribution is -2.03. The Bertz CT molecular complexity index is 299. The quantitative estimate of drug-likeness (QED) is 0.536. The third-order valence-corrected chi connectivity index (χ3v) is 3.06. The van der Waals surface area contributed by atoms with Crippen molar-refractivity contribution in [1.29, 1.82) is 0 Å². The lowest BCUT2D eigenvalue weighted by molar-refractivity contribution is -0.212. The molecule has 84 valence electrons. The van der Waals surface area contributed by atoms with Gasteiger partial charge in [0.05, 0.1) is 6.61 Å². The Morgan fingerprint density at radius 2 is 1.93 bits per heavy atom. The highest BCUT2D eigenvalue weighted by atomic mass is 31.3. The first kappa shape index (κ1) is 14.0. The number of hydrogen-bond donors (Lipinski definition) is 2. The van der Waals surface area contributed by atoms with Gasteiger partial charge in [-0.15, -0.1) is 0 Å². The molecule has 0 saturated heterocycles. The fraction of sp³-hybridized carbons (Fsp3) is 0.600. The number of phosphoric acid groups is 2. The second-order valence-corrected chi connectivity index (χ2v) is 5.38.